The Bertz CT molecular complexity index is 894. The number of fused-ring (bicyclic) bond motifs is 1. The van der Waals surface area contributed by atoms with Crippen LogP contribution in [0.15, 0.2) is 54.6 Å². The summed E-state index contributed by atoms with van der Waals surface area (Å²) in [4.78, 5) is 25.6. The Morgan fingerprint density at radius 3 is 2.71 bits per heavy atom. The Morgan fingerprint density at radius 2 is 2.00 bits per heavy atom. The van der Waals surface area contributed by atoms with E-state index in [1.165, 1.54) is 4.90 Å². The molecule has 2 aliphatic heterocycles. The van der Waals surface area contributed by atoms with Gasteiger partial charge in [0.05, 0.1) is 5.54 Å². The molecule has 1 unspecified atom stereocenters. The van der Waals surface area contributed by atoms with Gasteiger partial charge in [-0.15, -0.1) is 11.8 Å². The molecular formula is C20H22N4O3S. The zero-order valence-corrected chi connectivity index (χ0v) is 16.0. The maximum Gasteiger partial charge on any atom is 0.407 e. The van der Waals surface area contributed by atoms with Crippen LogP contribution in [0.2, 0.25) is 0 Å². The number of benzene rings is 2. The number of nitrogens with one attached hydrogen (secondary N) is 2. The number of hydrogen-bond donors (Lipinski definition) is 4. The Kier molecular flexibility index (Phi) is 4.91. The summed E-state index contributed by atoms with van der Waals surface area (Å²) in [7, 11) is 0. The summed E-state index contributed by atoms with van der Waals surface area (Å²) in [5, 5.41) is 16.1. The first-order valence-corrected chi connectivity index (χ1v) is 10.1. The molecule has 4 rings (SSSR count). The lowest BCUT2D eigenvalue weighted by Gasteiger charge is -2.43. The fraction of sp³-hybridized carbons (Fsp3) is 0.300. The average Bonchev–Trinajstić information content (AvgIpc) is 3.09. The highest BCUT2D eigenvalue weighted by atomic mass is 32.2. The lowest BCUT2D eigenvalue weighted by Crippen LogP contribution is -2.61. The molecule has 0 aromatic heterocycles. The van der Waals surface area contributed by atoms with Gasteiger partial charge in [0.15, 0.2) is 0 Å². The van der Waals surface area contributed by atoms with E-state index in [2.05, 4.69) is 10.6 Å². The highest BCUT2D eigenvalue weighted by Crippen LogP contribution is 2.43. The van der Waals surface area contributed by atoms with Crippen molar-refractivity contribution in [1.82, 2.24) is 15.5 Å². The van der Waals surface area contributed by atoms with Gasteiger partial charge in [-0.25, -0.2) is 4.79 Å². The van der Waals surface area contributed by atoms with Crippen LogP contribution in [-0.2, 0) is 5.54 Å². The first-order valence-electron chi connectivity index (χ1n) is 9.07. The third-order valence-corrected chi connectivity index (χ3v) is 6.56. The number of anilines is 1. The van der Waals surface area contributed by atoms with E-state index in [0.29, 0.717) is 24.3 Å². The highest BCUT2D eigenvalue weighted by molar-refractivity contribution is 7.99. The van der Waals surface area contributed by atoms with Crippen molar-refractivity contribution in [3.63, 3.8) is 0 Å². The molecule has 2 heterocycles. The van der Waals surface area contributed by atoms with E-state index in [4.69, 9.17) is 5.73 Å². The second kappa shape index (κ2) is 7.37. The topological polar surface area (TPSA) is 108 Å². The number of thioether (sulfide) groups is 1. The number of hydrogen-bond acceptors (Lipinski definition) is 5. The molecule has 28 heavy (non-hydrogen) atoms. The van der Waals surface area contributed by atoms with Crippen LogP contribution in [0.5, 0.6) is 0 Å². The lowest BCUT2D eigenvalue weighted by molar-refractivity contribution is 0.0931. The van der Waals surface area contributed by atoms with Crippen LogP contribution in [0.1, 0.15) is 15.9 Å². The Balaban J connectivity index is 1.61. The first-order chi connectivity index (χ1) is 13.5. The number of likely N-dealkylation sites (tertiary alicyclic amines) is 1. The largest absolute Gasteiger partial charge is 0.465 e. The molecule has 2 saturated heterocycles. The monoisotopic (exact) mass is 398 g/mol. The number of nitrogen functional groups attached to an aromatic ring is 1. The third kappa shape index (κ3) is 3.41. The fourth-order valence-electron chi connectivity index (χ4n) is 4.00. The number of carbonyl (C=O) groups is 2. The molecule has 8 heteroatoms. The molecule has 2 aromatic carbocycles. The summed E-state index contributed by atoms with van der Waals surface area (Å²) in [6, 6.07) is 16.6. The zero-order valence-electron chi connectivity index (χ0n) is 15.2. The molecule has 2 fully saturated rings. The molecular weight excluding hydrogens is 376 g/mol. The molecule has 146 valence electrons. The van der Waals surface area contributed by atoms with Crippen LogP contribution in [-0.4, -0.2) is 46.3 Å². The summed E-state index contributed by atoms with van der Waals surface area (Å²) in [5.41, 5.74) is 7.23. The molecule has 2 aromatic rings. The number of carbonyl (C=O) groups excluding carboxylic acids is 1. The molecule has 3 atom stereocenters. The minimum atomic E-state index is -0.936. The standard InChI is InChI=1S/C20H22N4O3S/c21-16-8-4-7-14(9-16)20-12-24(19(26)27)10-15(20)11-28-18(23-20)22-17(25)13-5-2-1-3-6-13/h1-9,15,18,23H,10-12,21H2,(H,22,25)(H,26,27)/t15-,18?,20+/m0/s1. The Morgan fingerprint density at radius 1 is 1.21 bits per heavy atom. The number of amides is 2. The van der Waals surface area contributed by atoms with Gasteiger partial charge in [0.1, 0.15) is 5.50 Å². The summed E-state index contributed by atoms with van der Waals surface area (Å²) in [6.07, 6.45) is -0.936. The van der Waals surface area contributed by atoms with E-state index in [9.17, 15) is 14.7 Å². The van der Waals surface area contributed by atoms with E-state index in [1.807, 2.05) is 42.5 Å². The maximum absolute atomic E-state index is 12.6. The molecule has 0 spiro atoms. The molecule has 5 N–H and O–H groups in total. The van der Waals surface area contributed by atoms with Gasteiger partial charge >= 0.3 is 6.09 Å². The summed E-state index contributed by atoms with van der Waals surface area (Å²) < 4.78 is 0. The van der Waals surface area contributed by atoms with E-state index in [0.717, 1.165) is 11.3 Å². The van der Waals surface area contributed by atoms with Gasteiger partial charge in [-0.2, -0.15) is 0 Å². The van der Waals surface area contributed by atoms with E-state index < -0.39 is 11.6 Å². The SMILES string of the molecule is Nc1cccc([C@]23CN(C(=O)O)C[C@H]2CSC(NC(=O)c2ccccc2)N3)c1. The van der Waals surface area contributed by atoms with E-state index in [-0.39, 0.29) is 17.3 Å². The smallest absolute Gasteiger partial charge is 0.407 e. The van der Waals surface area contributed by atoms with Gasteiger partial charge in [-0.05, 0) is 29.8 Å². The van der Waals surface area contributed by atoms with E-state index >= 15 is 0 Å². The van der Waals surface area contributed by atoms with Crippen molar-refractivity contribution >= 4 is 29.4 Å². The number of nitrogens with zero attached hydrogens (tertiary/aromatic N) is 1. The van der Waals surface area contributed by atoms with Crippen molar-refractivity contribution in [2.24, 2.45) is 5.92 Å². The van der Waals surface area contributed by atoms with Crippen molar-refractivity contribution < 1.29 is 14.7 Å². The van der Waals surface area contributed by atoms with Crippen molar-refractivity contribution in [3.05, 3.63) is 65.7 Å². The minimum absolute atomic E-state index is 0.0836. The van der Waals surface area contributed by atoms with Gasteiger partial charge in [0.25, 0.3) is 5.91 Å². The Labute approximate surface area is 167 Å². The fourth-order valence-corrected chi connectivity index (χ4v) is 5.30. The van der Waals surface area contributed by atoms with E-state index in [1.54, 1.807) is 23.9 Å². The molecule has 2 amide bonds. The van der Waals surface area contributed by atoms with Crippen LogP contribution in [0, 0.1) is 5.92 Å². The predicted octanol–water partition coefficient (Wildman–Crippen LogP) is 2.12. The third-order valence-electron chi connectivity index (χ3n) is 5.40. The van der Waals surface area contributed by atoms with Crippen LogP contribution >= 0.6 is 11.8 Å². The molecule has 7 nitrogen and oxygen atoms in total. The molecule has 0 radical (unpaired) electrons. The van der Waals surface area contributed by atoms with Crippen molar-refractivity contribution in [2.75, 3.05) is 24.6 Å². The van der Waals surface area contributed by atoms with Crippen LogP contribution < -0.4 is 16.4 Å². The summed E-state index contributed by atoms with van der Waals surface area (Å²) in [6.45, 7) is 0.762. The molecule has 0 saturated carbocycles. The zero-order chi connectivity index (χ0) is 19.7. The molecule has 2 aliphatic rings. The van der Waals surface area contributed by atoms with Gasteiger partial charge in [0.2, 0.25) is 0 Å². The van der Waals surface area contributed by atoms with Gasteiger partial charge in [0, 0.05) is 36.0 Å². The molecule has 0 aliphatic carbocycles. The van der Waals surface area contributed by atoms with Crippen LogP contribution in [0.4, 0.5) is 10.5 Å². The normalized spacial score (nSPS) is 26.5. The minimum Gasteiger partial charge on any atom is -0.465 e. The van der Waals surface area contributed by atoms with Crippen molar-refractivity contribution in [1.29, 1.82) is 0 Å². The van der Waals surface area contributed by atoms with Crippen LogP contribution in [0.25, 0.3) is 0 Å². The van der Waals surface area contributed by atoms with Gasteiger partial charge in [-0.3, -0.25) is 10.1 Å². The second-order valence-electron chi connectivity index (χ2n) is 7.15. The second-order valence-corrected chi connectivity index (χ2v) is 8.29. The first kappa shape index (κ1) is 18.6. The van der Waals surface area contributed by atoms with Gasteiger partial charge < -0.3 is 21.1 Å². The highest BCUT2D eigenvalue weighted by Gasteiger charge is 2.52. The number of rotatable bonds is 3. The van der Waals surface area contributed by atoms with Crippen LogP contribution in [0.3, 0.4) is 0 Å². The summed E-state index contributed by atoms with van der Waals surface area (Å²) >= 11 is 1.58. The van der Waals surface area contributed by atoms with Crippen molar-refractivity contribution in [3.8, 4) is 0 Å². The Hall–Kier alpha value is -2.71. The lowest BCUT2D eigenvalue weighted by atomic mass is 9.81. The number of nitrogens with two attached hydrogens (primary N) is 1. The van der Waals surface area contributed by atoms with Crippen molar-refractivity contribution in [2.45, 2.75) is 11.0 Å². The number of carboxylic acid groups (broad SMARTS) is 1. The summed E-state index contributed by atoms with van der Waals surface area (Å²) in [5.74, 6) is 0.644. The quantitative estimate of drug-likeness (QED) is 0.590. The molecule has 0 bridgehead atoms. The maximum atomic E-state index is 12.6. The predicted molar refractivity (Wildman–Crippen MR) is 109 cm³/mol. The van der Waals surface area contributed by atoms with Gasteiger partial charge in [-0.1, -0.05) is 30.3 Å². The average molecular weight is 398 g/mol.